The van der Waals surface area contributed by atoms with Gasteiger partial charge in [-0.2, -0.15) is 0 Å². The number of aliphatic carboxylic acids is 1. The third-order valence-corrected chi connectivity index (χ3v) is 7.63. The molecule has 41 heavy (non-hydrogen) atoms. The SMILES string of the molecule is CCC(NC(=O)c1ccc(C(=N)N)cc1)C(c1ccc(F)cc1)(C(C(=O)O)N1CCNCC1=O)N1CCNCC1=O. The zero-order valence-electron chi connectivity index (χ0n) is 22.7. The topological polar surface area (TPSA) is 181 Å². The number of nitrogens with one attached hydrogen (secondary N) is 4. The van der Waals surface area contributed by atoms with Crippen LogP contribution in [0, 0.1) is 11.2 Å². The van der Waals surface area contributed by atoms with Gasteiger partial charge in [-0.3, -0.25) is 19.8 Å². The molecule has 7 N–H and O–H groups in total. The molecule has 0 radical (unpaired) electrons. The predicted octanol–water partition coefficient (Wildman–Crippen LogP) is -0.170. The van der Waals surface area contributed by atoms with E-state index in [1.165, 1.54) is 58.3 Å². The number of amides is 3. The number of benzene rings is 2. The summed E-state index contributed by atoms with van der Waals surface area (Å²) in [6.07, 6.45) is 0.163. The third-order valence-electron chi connectivity index (χ3n) is 7.63. The van der Waals surface area contributed by atoms with E-state index in [0.29, 0.717) is 18.7 Å². The largest absolute Gasteiger partial charge is 0.480 e. The molecule has 2 aliphatic rings. The Labute approximate surface area is 236 Å². The van der Waals surface area contributed by atoms with Gasteiger partial charge in [-0.15, -0.1) is 0 Å². The molecule has 0 aliphatic carbocycles. The van der Waals surface area contributed by atoms with Crippen LogP contribution >= 0.6 is 0 Å². The molecule has 13 heteroatoms. The van der Waals surface area contributed by atoms with Crippen molar-refractivity contribution in [1.29, 1.82) is 5.41 Å². The summed E-state index contributed by atoms with van der Waals surface area (Å²) in [6.45, 7) is 2.37. The molecule has 0 bridgehead atoms. The number of nitrogens with two attached hydrogens (primary N) is 1. The monoisotopic (exact) mass is 567 g/mol. The number of halogens is 1. The van der Waals surface area contributed by atoms with Crippen LogP contribution in [-0.2, 0) is 19.9 Å². The van der Waals surface area contributed by atoms with Gasteiger partial charge in [0.05, 0.1) is 19.1 Å². The molecule has 3 atom stereocenters. The fourth-order valence-corrected chi connectivity index (χ4v) is 5.78. The molecular weight excluding hydrogens is 533 g/mol. The van der Waals surface area contributed by atoms with E-state index in [2.05, 4.69) is 16.0 Å². The van der Waals surface area contributed by atoms with E-state index < -0.39 is 47.1 Å². The number of hydrogen-bond acceptors (Lipinski definition) is 7. The van der Waals surface area contributed by atoms with E-state index in [-0.39, 0.29) is 49.6 Å². The highest BCUT2D eigenvalue weighted by molar-refractivity contribution is 5.98. The Balaban J connectivity index is 1.94. The van der Waals surface area contributed by atoms with E-state index >= 15 is 0 Å². The number of nitrogen functional groups attached to an aromatic ring is 1. The molecule has 0 spiro atoms. The highest BCUT2D eigenvalue weighted by Crippen LogP contribution is 2.41. The average molecular weight is 568 g/mol. The normalized spacial score (nSPS) is 18.8. The Bertz CT molecular complexity index is 1320. The molecular formula is C28H34FN7O5. The van der Waals surface area contributed by atoms with Crippen molar-refractivity contribution in [3.63, 3.8) is 0 Å². The lowest BCUT2D eigenvalue weighted by molar-refractivity contribution is -0.167. The first kappa shape index (κ1) is 29.6. The van der Waals surface area contributed by atoms with Gasteiger partial charge in [0.2, 0.25) is 11.8 Å². The van der Waals surface area contributed by atoms with Crippen molar-refractivity contribution in [3.05, 3.63) is 71.0 Å². The summed E-state index contributed by atoms with van der Waals surface area (Å²) in [5.74, 6) is -3.55. The van der Waals surface area contributed by atoms with Crippen molar-refractivity contribution in [3.8, 4) is 0 Å². The van der Waals surface area contributed by atoms with Crippen LogP contribution in [0.5, 0.6) is 0 Å². The minimum Gasteiger partial charge on any atom is -0.480 e. The Morgan fingerprint density at radius 1 is 1.02 bits per heavy atom. The summed E-state index contributed by atoms with van der Waals surface area (Å²) in [4.78, 5) is 56.3. The molecule has 0 saturated carbocycles. The minimum absolute atomic E-state index is 0.0515. The van der Waals surface area contributed by atoms with Crippen molar-refractivity contribution in [2.45, 2.75) is 31.0 Å². The number of carboxylic acids is 1. The molecule has 2 heterocycles. The summed E-state index contributed by atoms with van der Waals surface area (Å²) in [7, 11) is 0. The number of nitrogens with zero attached hydrogens (tertiary/aromatic N) is 2. The second kappa shape index (κ2) is 12.4. The zero-order chi connectivity index (χ0) is 29.7. The number of carbonyl (C=O) groups excluding carboxylic acids is 3. The number of piperazine rings is 2. The maximum atomic E-state index is 14.2. The van der Waals surface area contributed by atoms with Crippen molar-refractivity contribution in [2.75, 3.05) is 39.3 Å². The van der Waals surface area contributed by atoms with Gasteiger partial charge < -0.3 is 36.6 Å². The first-order valence-corrected chi connectivity index (χ1v) is 13.4. The lowest BCUT2D eigenvalue weighted by Gasteiger charge is -2.55. The Hall–Kier alpha value is -4.36. The molecule has 2 fully saturated rings. The molecule has 4 rings (SSSR count). The molecule has 0 aromatic heterocycles. The smallest absolute Gasteiger partial charge is 0.329 e. The molecule has 2 aromatic carbocycles. The Morgan fingerprint density at radius 2 is 1.61 bits per heavy atom. The van der Waals surface area contributed by atoms with Gasteiger partial charge in [0, 0.05) is 37.3 Å². The summed E-state index contributed by atoms with van der Waals surface area (Å²) in [5, 5.41) is 27.3. The number of hydrogen-bond donors (Lipinski definition) is 6. The van der Waals surface area contributed by atoms with Crippen LogP contribution in [-0.4, -0.2) is 95.8 Å². The standard InChI is InChI=1S/C28H34FN7O5/c1-2-21(34-26(39)18-5-3-17(4-6-18)25(30)31)28(19-7-9-20(29)10-8-19,36-14-12-33-16-23(36)38)24(27(40)41)35-13-11-32-15-22(35)37/h3-10,21,24,32-33H,2,11-16H2,1H3,(H3,30,31)(H,34,39)(H,40,41). The fraction of sp³-hybridized carbons (Fsp3) is 0.393. The predicted molar refractivity (Wildman–Crippen MR) is 148 cm³/mol. The van der Waals surface area contributed by atoms with Crippen LogP contribution in [0.15, 0.2) is 48.5 Å². The lowest BCUT2D eigenvalue weighted by Crippen LogP contribution is -2.75. The Morgan fingerprint density at radius 3 is 2.15 bits per heavy atom. The van der Waals surface area contributed by atoms with Gasteiger partial charge in [0.1, 0.15) is 17.2 Å². The second-order valence-electron chi connectivity index (χ2n) is 9.98. The third kappa shape index (κ3) is 5.77. The first-order valence-electron chi connectivity index (χ1n) is 13.4. The molecule has 2 aromatic rings. The van der Waals surface area contributed by atoms with Gasteiger partial charge in [-0.1, -0.05) is 31.2 Å². The quantitative estimate of drug-likeness (QED) is 0.169. The summed E-state index contributed by atoms with van der Waals surface area (Å²) in [6, 6.07) is 8.53. The van der Waals surface area contributed by atoms with Crippen LogP contribution in [0.3, 0.4) is 0 Å². The van der Waals surface area contributed by atoms with Gasteiger partial charge in [0.25, 0.3) is 5.91 Å². The van der Waals surface area contributed by atoms with Crippen LogP contribution in [0.2, 0.25) is 0 Å². The van der Waals surface area contributed by atoms with Crippen molar-refractivity contribution >= 4 is 29.5 Å². The lowest BCUT2D eigenvalue weighted by atomic mass is 9.72. The Kier molecular flexibility index (Phi) is 8.98. The number of carbonyl (C=O) groups is 4. The molecule has 218 valence electrons. The van der Waals surface area contributed by atoms with Gasteiger partial charge in [-0.05, 0) is 36.2 Å². The van der Waals surface area contributed by atoms with Gasteiger partial charge in [-0.25, -0.2) is 9.18 Å². The number of rotatable bonds is 10. The maximum Gasteiger partial charge on any atom is 0.329 e. The second-order valence-corrected chi connectivity index (χ2v) is 9.98. The maximum absolute atomic E-state index is 14.2. The van der Waals surface area contributed by atoms with Crippen LogP contribution in [0.1, 0.15) is 34.8 Å². The number of carboxylic acid groups (broad SMARTS) is 1. The van der Waals surface area contributed by atoms with Crippen LogP contribution < -0.4 is 21.7 Å². The molecule has 12 nitrogen and oxygen atoms in total. The van der Waals surface area contributed by atoms with Gasteiger partial charge in [0.15, 0.2) is 6.04 Å². The van der Waals surface area contributed by atoms with Crippen molar-refractivity contribution in [1.82, 2.24) is 25.8 Å². The summed E-state index contributed by atoms with van der Waals surface area (Å²) in [5.41, 5.74) is 4.64. The molecule has 3 amide bonds. The van der Waals surface area contributed by atoms with E-state index in [1.807, 2.05) is 0 Å². The van der Waals surface area contributed by atoms with Crippen LogP contribution in [0.25, 0.3) is 0 Å². The first-order chi connectivity index (χ1) is 19.6. The van der Waals surface area contributed by atoms with E-state index in [0.717, 1.165) is 0 Å². The van der Waals surface area contributed by atoms with E-state index in [1.54, 1.807) is 6.92 Å². The molecule has 2 saturated heterocycles. The minimum atomic E-state index is -1.81. The van der Waals surface area contributed by atoms with E-state index in [9.17, 15) is 28.7 Å². The van der Waals surface area contributed by atoms with Crippen molar-refractivity contribution < 1.29 is 28.7 Å². The molecule has 2 aliphatic heterocycles. The summed E-state index contributed by atoms with van der Waals surface area (Å²) < 4.78 is 14.2. The highest BCUT2D eigenvalue weighted by atomic mass is 19.1. The van der Waals surface area contributed by atoms with Gasteiger partial charge >= 0.3 is 5.97 Å². The van der Waals surface area contributed by atoms with Crippen molar-refractivity contribution in [2.24, 2.45) is 5.73 Å². The zero-order valence-corrected chi connectivity index (χ0v) is 22.7. The fourth-order valence-electron chi connectivity index (χ4n) is 5.78. The average Bonchev–Trinajstić information content (AvgIpc) is 2.96. The van der Waals surface area contributed by atoms with E-state index in [4.69, 9.17) is 11.1 Å². The summed E-state index contributed by atoms with van der Waals surface area (Å²) >= 11 is 0. The van der Waals surface area contributed by atoms with Crippen LogP contribution in [0.4, 0.5) is 4.39 Å². The number of amidine groups is 1. The molecule has 3 unspecified atom stereocenters. The highest BCUT2D eigenvalue weighted by Gasteiger charge is 2.59.